The predicted molar refractivity (Wildman–Crippen MR) is 113 cm³/mol. The normalized spacial score (nSPS) is 19.6. The van der Waals surface area contributed by atoms with Gasteiger partial charge in [0, 0.05) is 18.2 Å². The largest absolute Gasteiger partial charge is 0.496 e. The van der Waals surface area contributed by atoms with Gasteiger partial charge in [0.25, 0.3) is 17.5 Å². The number of para-hydroxylation sites is 3. The van der Waals surface area contributed by atoms with Crippen LogP contribution in [-0.4, -0.2) is 26.0 Å². The summed E-state index contributed by atoms with van der Waals surface area (Å²) < 4.78 is 11.7. The number of methoxy groups -OCH3 is 1. The molecule has 0 aliphatic carbocycles. The molecule has 2 amide bonds. The van der Waals surface area contributed by atoms with Crippen molar-refractivity contribution in [2.45, 2.75) is 12.3 Å². The fraction of sp³-hybridized carbons (Fsp3) is 0.167. The third-order valence-corrected chi connectivity index (χ3v) is 5.75. The summed E-state index contributed by atoms with van der Waals surface area (Å²) in [5, 5.41) is 0. The van der Waals surface area contributed by atoms with E-state index in [1.807, 2.05) is 48.5 Å². The Morgan fingerprint density at radius 3 is 2.43 bits per heavy atom. The van der Waals surface area contributed by atoms with Crippen LogP contribution in [0.4, 0.5) is 11.4 Å². The summed E-state index contributed by atoms with van der Waals surface area (Å²) in [6.07, 6.45) is 0. The number of likely N-dealkylation sites (N-methyl/N-ethyl adjacent to an activating group) is 1. The van der Waals surface area contributed by atoms with Gasteiger partial charge in [0.05, 0.1) is 30.7 Å². The van der Waals surface area contributed by atoms with Crippen molar-refractivity contribution in [2.24, 2.45) is 0 Å². The second-order valence-corrected chi connectivity index (χ2v) is 7.28. The van der Waals surface area contributed by atoms with Crippen molar-refractivity contribution in [3.8, 4) is 5.75 Å². The van der Waals surface area contributed by atoms with E-state index in [9.17, 15) is 9.59 Å². The second-order valence-electron chi connectivity index (χ2n) is 7.28. The minimum Gasteiger partial charge on any atom is -0.496 e. The Kier molecular flexibility index (Phi) is 4.11. The summed E-state index contributed by atoms with van der Waals surface area (Å²) in [5.74, 6) is -0.229. The van der Waals surface area contributed by atoms with E-state index in [2.05, 4.69) is 0 Å². The average Bonchev–Trinajstić information content (AvgIpc) is 3.01. The lowest BCUT2D eigenvalue weighted by atomic mass is 9.96. The van der Waals surface area contributed by atoms with Gasteiger partial charge in [-0.2, -0.15) is 0 Å². The molecule has 0 bridgehead atoms. The molecule has 6 heteroatoms. The number of benzene rings is 3. The number of hydrogen-bond donors (Lipinski definition) is 0. The monoisotopic (exact) mass is 400 g/mol. The minimum atomic E-state index is -1.57. The van der Waals surface area contributed by atoms with Crippen molar-refractivity contribution in [3.63, 3.8) is 0 Å². The van der Waals surface area contributed by atoms with E-state index in [0.29, 0.717) is 22.6 Å². The van der Waals surface area contributed by atoms with Gasteiger partial charge in [-0.25, -0.2) is 0 Å². The number of hydrogen-bond acceptors (Lipinski definition) is 4. The highest BCUT2D eigenvalue weighted by Gasteiger charge is 2.59. The van der Waals surface area contributed by atoms with E-state index >= 15 is 0 Å². The number of fused-ring (bicyclic) bond motifs is 3. The zero-order chi connectivity index (χ0) is 20.9. The number of ether oxygens (including phenoxy) is 2. The van der Waals surface area contributed by atoms with Crippen LogP contribution in [0.2, 0.25) is 0 Å². The van der Waals surface area contributed by atoms with Crippen LogP contribution >= 0.6 is 0 Å². The van der Waals surface area contributed by atoms with Gasteiger partial charge in [0.1, 0.15) is 5.75 Å². The molecule has 30 heavy (non-hydrogen) atoms. The van der Waals surface area contributed by atoms with Gasteiger partial charge in [-0.05, 0) is 24.3 Å². The van der Waals surface area contributed by atoms with Crippen molar-refractivity contribution in [3.05, 3.63) is 89.5 Å². The van der Waals surface area contributed by atoms with Crippen LogP contribution in [0.3, 0.4) is 0 Å². The molecule has 0 aromatic heterocycles. The number of anilines is 2. The summed E-state index contributed by atoms with van der Waals surface area (Å²) in [6.45, 7) is 0.222. The molecule has 0 N–H and O–H groups in total. The molecular weight excluding hydrogens is 380 g/mol. The quantitative estimate of drug-likeness (QED) is 0.658. The topological polar surface area (TPSA) is 59.1 Å². The molecule has 0 saturated carbocycles. The molecule has 3 aromatic rings. The third kappa shape index (κ3) is 2.34. The maximum absolute atomic E-state index is 14.0. The molecule has 150 valence electrons. The van der Waals surface area contributed by atoms with E-state index in [0.717, 1.165) is 11.3 Å². The first-order valence-corrected chi connectivity index (χ1v) is 9.66. The maximum atomic E-state index is 14.0. The zero-order valence-electron chi connectivity index (χ0n) is 16.7. The number of carbonyl (C=O) groups is 2. The first-order valence-electron chi connectivity index (χ1n) is 9.66. The molecule has 5 rings (SSSR count). The summed E-state index contributed by atoms with van der Waals surface area (Å²) in [7, 11) is 3.22. The van der Waals surface area contributed by atoms with Crippen LogP contribution in [0.5, 0.6) is 5.75 Å². The summed E-state index contributed by atoms with van der Waals surface area (Å²) in [5.41, 5.74) is 1.65. The van der Waals surface area contributed by atoms with Gasteiger partial charge in [0.15, 0.2) is 0 Å². The summed E-state index contributed by atoms with van der Waals surface area (Å²) in [4.78, 5) is 30.6. The smallest absolute Gasteiger partial charge is 0.285 e. The molecule has 0 saturated heterocycles. The highest BCUT2D eigenvalue weighted by Crippen LogP contribution is 2.50. The summed E-state index contributed by atoms with van der Waals surface area (Å²) in [6, 6.07) is 21.9. The first kappa shape index (κ1) is 18.4. The highest BCUT2D eigenvalue weighted by molar-refractivity contribution is 6.18. The van der Waals surface area contributed by atoms with Crippen LogP contribution in [0.15, 0.2) is 72.8 Å². The standard InChI is InChI=1S/C24H20N2O4/c1-25-20-13-7-5-11-18(20)24(23(25)28)26(19-12-6-3-9-16(19)15-30-24)22(27)17-10-4-8-14-21(17)29-2/h3-14H,15H2,1-2H3/t24-/m0/s1. The number of amides is 2. The molecule has 0 radical (unpaired) electrons. The van der Waals surface area contributed by atoms with E-state index in [-0.39, 0.29) is 18.4 Å². The predicted octanol–water partition coefficient (Wildman–Crippen LogP) is 3.70. The van der Waals surface area contributed by atoms with Crippen LogP contribution < -0.4 is 14.5 Å². The van der Waals surface area contributed by atoms with Crippen molar-refractivity contribution >= 4 is 23.2 Å². The van der Waals surface area contributed by atoms with Crippen LogP contribution in [0, 0.1) is 0 Å². The Bertz CT molecular complexity index is 1180. The number of rotatable bonds is 2. The van der Waals surface area contributed by atoms with Gasteiger partial charge in [-0.15, -0.1) is 0 Å². The van der Waals surface area contributed by atoms with Crippen molar-refractivity contribution < 1.29 is 19.1 Å². The van der Waals surface area contributed by atoms with Gasteiger partial charge in [-0.1, -0.05) is 48.5 Å². The van der Waals surface area contributed by atoms with E-state index in [1.54, 1.807) is 36.2 Å². The van der Waals surface area contributed by atoms with Gasteiger partial charge in [-0.3, -0.25) is 14.5 Å². The minimum absolute atomic E-state index is 0.222. The molecule has 1 atom stereocenters. The number of carbonyl (C=O) groups excluding carboxylic acids is 2. The Hall–Kier alpha value is -3.64. The van der Waals surface area contributed by atoms with Crippen LogP contribution in [0.25, 0.3) is 0 Å². The molecule has 6 nitrogen and oxygen atoms in total. The molecule has 2 aliphatic rings. The van der Waals surface area contributed by atoms with Crippen molar-refractivity contribution in [2.75, 3.05) is 24.0 Å². The first-order chi connectivity index (χ1) is 14.6. The Balaban J connectivity index is 1.79. The van der Waals surface area contributed by atoms with Crippen LogP contribution in [-0.2, 0) is 21.9 Å². The highest BCUT2D eigenvalue weighted by atomic mass is 16.5. The van der Waals surface area contributed by atoms with E-state index in [4.69, 9.17) is 9.47 Å². The molecule has 2 aliphatic heterocycles. The van der Waals surface area contributed by atoms with Crippen molar-refractivity contribution in [1.29, 1.82) is 0 Å². The van der Waals surface area contributed by atoms with E-state index in [1.165, 1.54) is 12.0 Å². The molecule has 2 heterocycles. The Labute approximate surface area is 174 Å². The zero-order valence-corrected chi connectivity index (χ0v) is 16.7. The van der Waals surface area contributed by atoms with Crippen molar-refractivity contribution in [1.82, 2.24) is 0 Å². The van der Waals surface area contributed by atoms with Gasteiger partial charge >= 0.3 is 0 Å². The molecule has 0 fully saturated rings. The van der Waals surface area contributed by atoms with Gasteiger partial charge in [0.2, 0.25) is 0 Å². The summed E-state index contributed by atoms with van der Waals surface area (Å²) >= 11 is 0. The third-order valence-electron chi connectivity index (χ3n) is 5.75. The second kappa shape index (κ2) is 6.71. The fourth-order valence-corrected chi connectivity index (χ4v) is 4.32. The molecule has 0 unspecified atom stereocenters. The van der Waals surface area contributed by atoms with Gasteiger partial charge < -0.3 is 14.4 Å². The average molecular weight is 400 g/mol. The lowest BCUT2D eigenvalue weighted by molar-refractivity contribution is -0.146. The fourth-order valence-electron chi connectivity index (χ4n) is 4.32. The Morgan fingerprint density at radius 2 is 1.63 bits per heavy atom. The molecular formula is C24H20N2O4. The number of nitrogens with zero attached hydrogens (tertiary/aromatic N) is 2. The molecule has 1 spiro atoms. The Morgan fingerprint density at radius 1 is 0.967 bits per heavy atom. The van der Waals surface area contributed by atoms with Crippen LogP contribution in [0.1, 0.15) is 21.5 Å². The lowest BCUT2D eigenvalue weighted by Gasteiger charge is -2.43. The van der Waals surface area contributed by atoms with E-state index < -0.39 is 5.72 Å². The maximum Gasteiger partial charge on any atom is 0.285 e. The molecule has 3 aromatic carbocycles. The lowest BCUT2D eigenvalue weighted by Crippen LogP contribution is -2.59. The SMILES string of the molecule is COc1ccccc1C(=O)N1c2ccccc2CO[C@@]12C(=O)N(C)c1ccccc12.